The zero-order chi connectivity index (χ0) is 10.5. The summed E-state index contributed by atoms with van der Waals surface area (Å²) in [6.07, 6.45) is 5.40. The quantitative estimate of drug-likeness (QED) is 0.668. The normalized spacial score (nSPS) is 14.8. The van der Waals surface area contributed by atoms with E-state index in [4.69, 9.17) is 5.73 Å². The van der Waals surface area contributed by atoms with Gasteiger partial charge in [-0.1, -0.05) is 33.8 Å². The molecular weight excluding hydrogens is 162 g/mol. The standard InChI is InChI=1S/C11H21NO/c1-9(8-11(2,3)4)6-5-7-10(12)13/h5,7,9H,6,8H2,1-4H3,(H2,12,13)/b7-5-. The van der Waals surface area contributed by atoms with Crippen molar-refractivity contribution in [2.75, 3.05) is 0 Å². The van der Waals surface area contributed by atoms with Crippen LogP contribution in [-0.4, -0.2) is 5.91 Å². The Kier molecular flexibility index (Phi) is 4.74. The molecule has 0 aromatic heterocycles. The molecule has 76 valence electrons. The van der Waals surface area contributed by atoms with E-state index in [2.05, 4.69) is 27.7 Å². The molecule has 0 radical (unpaired) electrons. The lowest BCUT2D eigenvalue weighted by Gasteiger charge is -2.22. The van der Waals surface area contributed by atoms with Gasteiger partial charge < -0.3 is 5.73 Å². The van der Waals surface area contributed by atoms with Crippen molar-refractivity contribution in [3.05, 3.63) is 12.2 Å². The fraction of sp³-hybridized carbons (Fsp3) is 0.727. The van der Waals surface area contributed by atoms with E-state index in [9.17, 15) is 4.79 Å². The maximum Gasteiger partial charge on any atom is 0.241 e. The Hall–Kier alpha value is -0.790. The molecule has 0 spiro atoms. The van der Waals surface area contributed by atoms with Gasteiger partial charge in [0.15, 0.2) is 0 Å². The molecule has 0 aliphatic carbocycles. The number of nitrogens with two attached hydrogens (primary N) is 1. The largest absolute Gasteiger partial charge is 0.366 e. The summed E-state index contributed by atoms with van der Waals surface area (Å²) < 4.78 is 0. The number of carbonyl (C=O) groups excluding carboxylic acids is 1. The van der Waals surface area contributed by atoms with Crippen LogP contribution in [0, 0.1) is 11.3 Å². The molecule has 1 unspecified atom stereocenters. The molecular formula is C11H21NO. The second-order valence-electron chi connectivity index (χ2n) is 4.91. The van der Waals surface area contributed by atoms with Crippen LogP contribution in [0.2, 0.25) is 0 Å². The van der Waals surface area contributed by atoms with Crippen LogP contribution in [0.4, 0.5) is 0 Å². The van der Waals surface area contributed by atoms with Crippen molar-refractivity contribution in [1.29, 1.82) is 0 Å². The van der Waals surface area contributed by atoms with Gasteiger partial charge in [0.2, 0.25) is 5.91 Å². The second-order valence-corrected chi connectivity index (χ2v) is 4.91. The van der Waals surface area contributed by atoms with Crippen LogP contribution in [0.15, 0.2) is 12.2 Å². The van der Waals surface area contributed by atoms with Crippen molar-refractivity contribution >= 4 is 5.91 Å². The first-order valence-electron chi connectivity index (χ1n) is 4.77. The van der Waals surface area contributed by atoms with Gasteiger partial charge in [-0.2, -0.15) is 0 Å². The minimum Gasteiger partial charge on any atom is -0.366 e. The van der Waals surface area contributed by atoms with Crippen LogP contribution >= 0.6 is 0 Å². The third kappa shape index (κ3) is 9.12. The first kappa shape index (κ1) is 12.2. The van der Waals surface area contributed by atoms with Crippen LogP contribution in [0.25, 0.3) is 0 Å². The number of primary amides is 1. The van der Waals surface area contributed by atoms with Crippen LogP contribution in [-0.2, 0) is 4.79 Å². The molecule has 2 nitrogen and oxygen atoms in total. The Morgan fingerprint density at radius 1 is 1.46 bits per heavy atom. The smallest absolute Gasteiger partial charge is 0.241 e. The highest BCUT2D eigenvalue weighted by Crippen LogP contribution is 2.25. The van der Waals surface area contributed by atoms with E-state index in [0.717, 1.165) is 12.8 Å². The van der Waals surface area contributed by atoms with Gasteiger partial charge in [0.05, 0.1) is 0 Å². The summed E-state index contributed by atoms with van der Waals surface area (Å²) in [7, 11) is 0. The molecule has 0 saturated carbocycles. The Morgan fingerprint density at radius 3 is 2.38 bits per heavy atom. The molecule has 1 atom stereocenters. The van der Waals surface area contributed by atoms with Crippen LogP contribution in [0.3, 0.4) is 0 Å². The van der Waals surface area contributed by atoms with Crippen molar-refractivity contribution in [2.24, 2.45) is 17.1 Å². The van der Waals surface area contributed by atoms with Gasteiger partial charge in [0.25, 0.3) is 0 Å². The van der Waals surface area contributed by atoms with Crippen molar-refractivity contribution in [3.8, 4) is 0 Å². The summed E-state index contributed by atoms with van der Waals surface area (Å²) >= 11 is 0. The summed E-state index contributed by atoms with van der Waals surface area (Å²) in [4.78, 5) is 10.4. The Labute approximate surface area is 81.2 Å². The zero-order valence-corrected chi connectivity index (χ0v) is 9.13. The van der Waals surface area contributed by atoms with E-state index in [-0.39, 0.29) is 5.91 Å². The molecule has 1 amide bonds. The summed E-state index contributed by atoms with van der Waals surface area (Å²) in [5, 5.41) is 0. The highest BCUT2D eigenvalue weighted by atomic mass is 16.1. The number of allylic oxidation sites excluding steroid dienone is 1. The van der Waals surface area contributed by atoms with E-state index in [1.165, 1.54) is 6.08 Å². The molecule has 0 heterocycles. The fourth-order valence-electron chi connectivity index (χ4n) is 1.55. The average Bonchev–Trinajstić information content (AvgIpc) is 1.81. The van der Waals surface area contributed by atoms with E-state index >= 15 is 0 Å². The van der Waals surface area contributed by atoms with Gasteiger partial charge in [0, 0.05) is 0 Å². The van der Waals surface area contributed by atoms with Crippen molar-refractivity contribution in [1.82, 2.24) is 0 Å². The third-order valence-electron chi connectivity index (χ3n) is 1.78. The summed E-state index contributed by atoms with van der Waals surface area (Å²) in [5.41, 5.74) is 5.34. The lowest BCUT2D eigenvalue weighted by molar-refractivity contribution is -0.113. The molecule has 0 fully saturated rings. The highest BCUT2D eigenvalue weighted by Gasteiger charge is 2.13. The van der Waals surface area contributed by atoms with Gasteiger partial charge in [0.1, 0.15) is 0 Å². The fourth-order valence-corrected chi connectivity index (χ4v) is 1.55. The molecule has 13 heavy (non-hydrogen) atoms. The number of rotatable bonds is 4. The van der Waals surface area contributed by atoms with Crippen LogP contribution in [0.5, 0.6) is 0 Å². The Morgan fingerprint density at radius 2 is 2.00 bits per heavy atom. The minimum absolute atomic E-state index is 0.358. The Bertz CT molecular complexity index is 189. The highest BCUT2D eigenvalue weighted by molar-refractivity contribution is 5.85. The monoisotopic (exact) mass is 183 g/mol. The van der Waals surface area contributed by atoms with Crippen LogP contribution < -0.4 is 5.73 Å². The van der Waals surface area contributed by atoms with E-state index in [0.29, 0.717) is 11.3 Å². The molecule has 2 N–H and O–H groups in total. The molecule has 0 aromatic rings. The summed E-state index contributed by atoms with van der Waals surface area (Å²) in [6.45, 7) is 8.86. The van der Waals surface area contributed by atoms with Gasteiger partial charge in [-0.05, 0) is 30.3 Å². The van der Waals surface area contributed by atoms with Gasteiger partial charge in [-0.15, -0.1) is 0 Å². The molecule has 2 heteroatoms. The summed E-state index contributed by atoms with van der Waals surface area (Å²) in [5.74, 6) is 0.249. The molecule has 0 aliphatic heterocycles. The lowest BCUT2D eigenvalue weighted by Crippen LogP contribution is -2.11. The van der Waals surface area contributed by atoms with Crippen molar-refractivity contribution in [3.63, 3.8) is 0 Å². The SMILES string of the molecule is CC(C/C=C\C(N)=O)CC(C)(C)C. The Balaban J connectivity index is 3.76. The maximum absolute atomic E-state index is 10.4. The minimum atomic E-state index is -0.358. The zero-order valence-electron chi connectivity index (χ0n) is 9.13. The average molecular weight is 183 g/mol. The number of carbonyl (C=O) groups is 1. The number of hydrogen-bond donors (Lipinski definition) is 1. The molecule has 0 rings (SSSR count). The second kappa shape index (κ2) is 5.05. The topological polar surface area (TPSA) is 43.1 Å². The molecule has 0 aromatic carbocycles. The molecule has 0 bridgehead atoms. The summed E-state index contributed by atoms with van der Waals surface area (Å²) in [6, 6.07) is 0. The van der Waals surface area contributed by atoms with Gasteiger partial charge in [-0.25, -0.2) is 0 Å². The number of hydrogen-bond acceptors (Lipinski definition) is 1. The van der Waals surface area contributed by atoms with Crippen molar-refractivity contribution in [2.45, 2.75) is 40.5 Å². The van der Waals surface area contributed by atoms with E-state index in [1.54, 1.807) is 0 Å². The first-order chi connectivity index (χ1) is 5.81. The van der Waals surface area contributed by atoms with Gasteiger partial charge >= 0.3 is 0 Å². The molecule has 0 saturated heterocycles. The third-order valence-corrected chi connectivity index (χ3v) is 1.78. The predicted octanol–water partition coefficient (Wildman–Crippen LogP) is 2.49. The van der Waals surface area contributed by atoms with Crippen molar-refractivity contribution < 1.29 is 4.79 Å². The van der Waals surface area contributed by atoms with E-state index < -0.39 is 0 Å². The van der Waals surface area contributed by atoms with E-state index in [1.807, 2.05) is 6.08 Å². The molecule has 0 aliphatic rings. The predicted molar refractivity (Wildman–Crippen MR) is 56.2 cm³/mol. The van der Waals surface area contributed by atoms with Crippen LogP contribution in [0.1, 0.15) is 40.5 Å². The lowest BCUT2D eigenvalue weighted by atomic mass is 9.84. The van der Waals surface area contributed by atoms with Gasteiger partial charge in [-0.3, -0.25) is 4.79 Å². The first-order valence-corrected chi connectivity index (χ1v) is 4.77. The maximum atomic E-state index is 10.4. The number of amides is 1.